The number of ether oxygens (including phenoxy) is 2. The molecule has 180 valence electrons. The second-order valence-electron chi connectivity index (χ2n) is 8.18. The molecule has 0 aromatic heterocycles. The fraction of sp³-hybridized carbons (Fsp3) is 0.222. The molecule has 3 N–H and O–H groups in total. The van der Waals surface area contributed by atoms with Crippen LogP contribution >= 0.6 is 12.2 Å². The number of benzene rings is 3. The Hall–Kier alpha value is -3.91. The molecule has 0 atom stereocenters. The van der Waals surface area contributed by atoms with Crippen molar-refractivity contribution >= 4 is 40.5 Å². The Morgan fingerprint density at radius 2 is 1.43 bits per heavy atom. The molecule has 0 radical (unpaired) electrons. The van der Waals surface area contributed by atoms with Gasteiger partial charge in [-0.3, -0.25) is 14.9 Å². The highest BCUT2D eigenvalue weighted by molar-refractivity contribution is 7.80. The SMILES string of the molecule is Cc1c(NC(=O)C2CC2)cccc1NC(=S)NC(=O)c1ccc(OCCOc2ccccc2)cc1. The van der Waals surface area contributed by atoms with Crippen LogP contribution in [0.3, 0.4) is 0 Å². The molecule has 0 unspecified atom stereocenters. The van der Waals surface area contributed by atoms with Crippen molar-refractivity contribution in [2.45, 2.75) is 19.8 Å². The zero-order chi connectivity index (χ0) is 24.6. The molecule has 1 aliphatic rings. The average molecular weight is 490 g/mol. The van der Waals surface area contributed by atoms with Gasteiger partial charge >= 0.3 is 0 Å². The molecular formula is C27H27N3O4S. The van der Waals surface area contributed by atoms with Crippen molar-refractivity contribution in [3.63, 3.8) is 0 Å². The number of hydrogen-bond acceptors (Lipinski definition) is 5. The number of rotatable bonds is 9. The van der Waals surface area contributed by atoms with E-state index < -0.39 is 0 Å². The van der Waals surface area contributed by atoms with Gasteiger partial charge in [-0.2, -0.15) is 0 Å². The van der Waals surface area contributed by atoms with Crippen LogP contribution in [-0.4, -0.2) is 30.1 Å². The summed E-state index contributed by atoms with van der Waals surface area (Å²) in [7, 11) is 0. The smallest absolute Gasteiger partial charge is 0.257 e. The molecule has 1 fully saturated rings. The Bertz CT molecular complexity index is 1190. The number of carbonyl (C=O) groups is 2. The number of thiocarbonyl (C=S) groups is 1. The molecule has 1 saturated carbocycles. The molecule has 0 saturated heterocycles. The minimum atomic E-state index is -0.336. The largest absolute Gasteiger partial charge is 0.490 e. The van der Waals surface area contributed by atoms with Crippen LogP contribution in [0.25, 0.3) is 0 Å². The van der Waals surface area contributed by atoms with Crippen molar-refractivity contribution in [1.82, 2.24) is 5.32 Å². The van der Waals surface area contributed by atoms with Crippen molar-refractivity contribution < 1.29 is 19.1 Å². The molecular weight excluding hydrogens is 462 g/mol. The van der Waals surface area contributed by atoms with Crippen molar-refractivity contribution in [1.29, 1.82) is 0 Å². The molecule has 3 aromatic rings. The molecule has 2 amide bonds. The first-order valence-electron chi connectivity index (χ1n) is 11.4. The minimum absolute atomic E-state index is 0.0391. The van der Waals surface area contributed by atoms with Gasteiger partial charge in [0.1, 0.15) is 24.7 Å². The van der Waals surface area contributed by atoms with Gasteiger partial charge in [-0.1, -0.05) is 24.3 Å². The van der Waals surface area contributed by atoms with Gasteiger partial charge in [-0.05, 0) is 86.1 Å². The van der Waals surface area contributed by atoms with Crippen LogP contribution in [0.1, 0.15) is 28.8 Å². The van der Waals surface area contributed by atoms with E-state index in [9.17, 15) is 9.59 Å². The Kier molecular flexibility index (Phi) is 7.95. The van der Waals surface area contributed by atoms with Crippen molar-refractivity contribution in [2.75, 3.05) is 23.8 Å². The Labute approximate surface area is 209 Å². The van der Waals surface area contributed by atoms with E-state index in [1.54, 1.807) is 24.3 Å². The first-order chi connectivity index (χ1) is 17.0. The maximum atomic E-state index is 12.6. The van der Waals surface area contributed by atoms with Crippen LogP contribution in [0.15, 0.2) is 72.8 Å². The Morgan fingerprint density at radius 1 is 0.829 bits per heavy atom. The molecule has 0 spiro atoms. The zero-order valence-electron chi connectivity index (χ0n) is 19.4. The summed E-state index contributed by atoms with van der Waals surface area (Å²) in [4.78, 5) is 24.7. The number of hydrogen-bond donors (Lipinski definition) is 3. The predicted octanol–water partition coefficient (Wildman–Crippen LogP) is 4.93. The number of nitrogens with one attached hydrogen (secondary N) is 3. The van der Waals surface area contributed by atoms with Gasteiger partial charge in [-0.15, -0.1) is 0 Å². The third-order valence-corrected chi connectivity index (χ3v) is 5.70. The van der Waals surface area contributed by atoms with Crippen LogP contribution in [0.2, 0.25) is 0 Å². The molecule has 3 aromatic carbocycles. The summed E-state index contributed by atoms with van der Waals surface area (Å²) in [5.74, 6) is 1.25. The van der Waals surface area contributed by atoms with Crippen molar-refractivity contribution in [3.05, 3.63) is 83.9 Å². The van der Waals surface area contributed by atoms with E-state index in [2.05, 4.69) is 16.0 Å². The summed E-state index contributed by atoms with van der Waals surface area (Å²) in [6, 6.07) is 21.8. The molecule has 0 heterocycles. The molecule has 7 nitrogen and oxygen atoms in total. The normalized spacial score (nSPS) is 12.4. The second-order valence-corrected chi connectivity index (χ2v) is 8.59. The van der Waals surface area contributed by atoms with Gasteiger partial charge in [0.2, 0.25) is 5.91 Å². The molecule has 4 rings (SSSR count). The summed E-state index contributed by atoms with van der Waals surface area (Å²) >= 11 is 5.32. The zero-order valence-corrected chi connectivity index (χ0v) is 20.2. The predicted molar refractivity (Wildman–Crippen MR) is 140 cm³/mol. The lowest BCUT2D eigenvalue weighted by molar-refractivity contribution is -0.117. The van der Waals surface area contributed by atoms with Gasteiger partial charge in [0, 0.05) is 22.9 Å². The highest BCUT2D eigenvalue weighted by Gasteiger charge is 2.29. The monoisotopic (exact) mass is 489 g/mol. The van der Waals surface area contributed by atoms with E-state index in [0.717, 1.165) is 29.8 Å². The maximum Gasteiger partial charge on any atom is 0.257 e. The summed E-state index contributed by atoms with van der Waals surface area (Å²) < 4.78 is 11.3. The van der Waals surface area contributed by atoms with Crippen LogP contribution < -0.4 is 25.4 Å². The number of anilines is 2. The molecule has 0 bridgehead atoms. The van der Waals surface area contributed by atoms with Crippen LogP contribution in [0, 0.1) is 12.8 Å². The number of amides is 2. The second kappa shape index (κ2) is 11.5. The third kappa shape index (κ3) is 7.04. The van der Waals surface area contributed by atoms with Gasteiger partial charge in [-0.25, -0.2) is 0 Å². The van der Waals surface area contributed by atoms with E-state index in [0.29, 0.717) is 30.2 Å². The Morgan fingerprint density at radius 3 is 2.06 bits per heavy atom. The van der Waals surface area contributed by atoms with Gasteiger partial charge in [0.25, 0.3) is 5.91 Å². The maximum absolute atomic E-state index is 12.6. The summed E-state index contributed by atoms with van der Waals surface area (Å²) in [6.07, 6.45) is 1.88. The lowest BCUT2D eigenvalue weighted by Crippen LogP contribution is -2.34. The summed E-state index contributed by atoms with van der Waals surface area (Å²) in [5, 5.41) is 8.85. The van der Waals surface area contributed by atoms with Crippen LogP contribution in [0.5, 0.6) is 11.5 Å². The van der Waals surface area contributed by atoms with Crippen LogP contribution in [-0.2, 0) is 4.79 Å². The van der Waals surface area contributed by atoms with Crippen LogP contribution in [0.4, 0.5) is 11.4 Å². The number of carbonyl (C=O) groups excluding carboxylic acids is 2. The van der Waals surface area contributed by atoms with Crippen molar-refractivity contribution in [2.24, 2.45) is 5.92 Å². The lowest BCUT2D eigenvalue weighted by Gasteiger charge is -2.15. The third-order valence-electron chi connectivity index (χ3n) is 5.50. The highest BCUT2D eigenvalue weighted by atomic mass is 32.1. The average Bonchev–Trinajstić information content (AvgIpc) is 3.71. The fourth-order valence-corrected chi connectivity index (χ4v) is 3.56. The standard InChI is InChI=1S/C27H27N3O4S/c1-18-23(28-25(31)19-10-11-19)8-5-9-24(18)29-27(35)30-26(32)20-12-14-22(15-13-20)34-17-16-33-21-6-3-2-4-7-21/h2-9,12-15,19H,10-11,16-17H2,1H3,(H,28,31)(H2,29,30,32,35). The summed E-state index contributed by atoms with van der Waals surface area (Å²) in [5.41, 5.74) is 2.73. The van der Waals surface area contributed by atoms with Gasteiger partial charge in [0.05, 0.1) is 0 Å². The molecule has 8 heteroatoms. The van der Waals surface area contributed by atoms with Gasteiger partial charge in [0.15, 0.2) is 5.11 Å². The minimum Gasteiger partial charge on any atom is -0.490 e. The topological polar surface area (TPSA) is 88.7 Å². The Balaban J connectivity index is 1.24. The number of para-hydroxylation sites is 1. The fourth-order valence-electron chi connectivity index (χ4n) is 3.35. The van der Waals surface area contributed by atoms with E-state index >= 15 is 0 Å². The van der Waals surface area contributed by atoms with Crippen molar-refractivity contribution in [3.8, 4) is 11.5 Å². The lowest BCUT2D eigenvalue weighted by atomic mass is 10.1. The first-order valence-corrected chi connectivity index (χ1v) is 11.8. The van der Waals surface area contributed by atoms with Gasteiger partial charge < -0.3 is 20.1 Å². The van der Waals surface area contributed by atoms with E-state index in [4.69, 9.17) is 21.7 Å². The summed E-state index contributed by atoms with van der Waals surface area (Å²) in [6.45, 7) is 2.68. The van der Waals surface area contributed by atoms with E-state index in [1.807, 2.05) is 55.5 Å². The highest BCUT2D eigenvalue weighted by Crippen LogP contribution is 2.31. The quantitative estimate of drug-likeness (QED) is 0.292. The van der Waals surface area contributed by atoms with E-state index in [-0.39, 0.29) is 22.8 Å². The molecule has 0 aliphatic heterocycles. The van der Waals surface area contributed by atoms with E-state index in [1.165, 1.54) is 0 Å². The molecule has 1 aliphatic carbocycles. The molecule has 35 heavy (non-hydrogen) atoms. The first kappa shape index (κ1) is 24.2.